The average molecular weight is 326 g/mol. The highest BCUT2D eigenvalue weighted by atomic mass is 79.9. The van der Waals surface area contributed by atoms with Crippen LogP contribution in [0.1, 0.15) is 19.4 Å². The molecule has 0 bridgehead atoms. The van der Waals surface area contributed by atoms with Crippen molar-refractivity contribution in [3.63, 3.8) is 0 Å². The molecule has 2 rings (SSSR count). The lowest BCUT2D eigenvalue weighted by Crippen LogP contribution is -2.49. The Morgan fingerprint density at radius 3 is 3.00 bits per heavy atom. The van der Waals surface area contributed by atoms with Gasteiger partial charge in [-0.25, -0.2) is 0 Å². The molecule has 1 aromatic rings. The number of Topliss-reactive ketones (excluding diaryl/α,β-unsaturated/α-hetero) is 1. The van der Waals surface area contributed by atoms with Crippen molar-refractivity contribution in [2.45, 2.75) is 32.4 Å². The van der Waals surface area contributed by atoms with Gasteiger partial charge in [0, 0.05) is 30.0 Å². The van der Waals surface area contributed by atoms with Gasteiger partial charge in [0.05, 0.1) is 6.61 Å². The van der Waals surface area contributed by atoms with E-state index in [9.17, 15) is 4.79 Å². The molecule has 1 heterocycles. The Balaban J connectivity index is 1.96. The maximum atomic E-state index is 12.3. The molecule has 0 saturated carbocycles. The molecule has 0 radical (unpaired) electrons. The Morgan fingerprint density at radius 1 is 1.53 bits per heavy atom. The second-order valence-electron chi connectivity index (χ2n) is 5.22. The van der Waals surface area contributed by atoms with Gasteiger partial charge in [-0.05, 0) is 31.5 Å². The molecule has 0 spiro atoms. The van der Waals surface area contributed by atoms with Crippen LogP contribution in [0, 0.1) is 0 Å². The number of morpholine rings is 1. The van der Waals surface area contributed by atoms with E-state index < -0.39 is 0 Å². The molecule has 0 amide bonds. The van der Waals surface area contributed by atoms with E-state index in [0.717, 1.165) is 16.6 Å². The van der Waals surface area contributed by atoms with E-state index in [0.29, 0.717) is 25.6 Å². The summed E-state index contributed by atoms with van der Waals surface area (Å²) in [6, 6.07) is 8.35. The van der Waals surface area contributed by atoms with E-state index in [2.05, 4.69) is 34.7 Å². The molecule has 3 nitrogen and oxygen atoms in total. The molecule has 1 fully saturated rings. The van der Waals surface area contributed by atoms with Crippen molar-refractivity contribution in [1.29, 1.82) is 0 Å². The van der Waals surface area contributed by atoms with Gasteiger partial charge < -0.3 is 4.74 Å². The smallest absolute Gasteiger partial charge is 0.167 e. The summed E-state index contributed by atoms with van der Waals surface area (Å²) in [6.07, 6.45) is 0.158. The zero-order valence-corrected chi connectivity index (χ0v) is 13.0. The lowest BCUT2D eigenvalue weighted by molar-refractivity contribution is -0.136. The largest absolute Gasteiger partial charge is 0.368 e. The van der Waals surface area contributed by atoms with Crippen molar-refractivity contribution in [1.82, 2.24) is 4.90 Å². The standard InChI is InChI=1S/C15H20BrNO2/c1-11(2)17-6-7-19-15(10-17)14(18)9-12-4-3-5-13(16)8-12/h3-5,8,11,15H,6-7,9-10H2,1-2H3. The minimum atomic E-state index is -0.282. The van der Waals surface area contributed by atoms with Gasteiger partial charge in [0.1, 0.15) is 6.10 Å². The van der Waals surface area contributed by atoms with E-state index in [4.69, 9.17) is 4.74 Å². The third kappa shape index (κ3) is 4.13. The molecule has 104 valence electrons. The Hall–Kier alpha value is -0.710. The number of carbonyl (C=O) groups is 1. The first-order chi connectivity index (χ1) is 9.06. The van der Waals surface area contributed by atoms with Crippen LogP contribution in [0.15, 0.2) is 28.7 Å². The predicted molar refractivity (Wildman–Crippen MR) is 79.3 cm³/mol. The van der Waals surface area contributed by atoms with Crippen molar-refractivity contribution < 1.29 is 9.53 Å². The Bertz CT molecular complexity index is 448. The van der Waals surface area contributed by atoms with Gasteiger partial charge in [-0.3, -0.25) is 9.69 Å². The van der Waals surface area contributed by atoms with E-state index in [1.807, 2.05) is 24.3 Å². The summed E-state index contributed by atoms with van der Waals surface area (Å²) in [4.78, 5) is 14.6. The number of ether oxygens (including phenoxy) is 1. The van der Waals surface area contributed by atoms with Crippen LogP contribution in [-0.4, -0.2) is 42.5 Å². The quantitative estimate of drug-likeness (QED) is 0.852. The van der Waals surface area contributed by atoms with Gasteiger partial charge in [-0.15, -0.1) is 0 Å². The lowest BCUT2D eigenvalue weighted by atomic mass is 10.0. The van der Waals surface area contributed by atoms with Crippen LogP contribution in [-0.2, 0) is 16.0 Å². The second kappa shape index (κ2) is 6.64. The third-order valence-corrected chi connectivity index (χ3v) is 3.95. The van der Waals surface area contributed by atoms with Crippen LogP contribution in [0.5, 0.6) is 0 Å². The highest BCUT2D eigenvalue weighted by Crippen LogP contribution is 2.15. The third-order valence-electron chi connectivity index (χ3n) is 3.45. The number of benzene rings is 1. The molecular weight excluding hydrogens is 306 g/mol. The number of rotatable bonds is 4. The van der Waals surface area contributed by atoms with Crippen LogP contribution in [0.3, 0.4) is 0 Å². The van der Waals surface area contributed by atoms with Crippen LogP contribution < -0.4 is 0 Å². The molecule has 1 atom stereocenters. The number of carbonyl (C=O) groups excluding carboxylic acids is 1. The maximum Gasteiger partial charge on any atom is 0.167 e. The number of nitrogens with zero attached hydrogens (tertiary/aromatic N) is 1. The predicted octanol–water partition coefficient (Wildman–Crippen LogP) is 2.67. The topological polar surface area (TPSA) is 29.5 Å². The first-order valence-corrected chi connectivity index (χ1v) is 7.48. The van der Waals surface area contributed by atoms with E-state index in [1.165, 1.54) is 0 Å². The SMILES string of the molecule is CC(C)N1CCOC(C(=O)Cc2cccc(Br)c2)C1. The summed E-state index contributed by atoms with van der Waals surface area (Å²) in [5, 5.41) is 0. The highest BCUT2D eigenvalue weighted by Gasteiger charge is 2.27. The zero-order chi connectivity index (χ0) is 13.8. The van der Waals surface area contributed by atoms with Crippen molar-refractivity contribution in [3.8, 4) is 0 Å². The molecule has 0 aliphatic carbocycles. The molecule has 19 heavy (non-hydrogen) atoms. The number of hydrogen-bond donors (Lipinski definition) is 0. The fourth-order valence-corrected chi connectivity index (χ4v) is 2.74. The van der Waals surface area contributed by atoms with Crippen molar-refractivity contribution in [3.05, 3.63) is 34.3 Å². The highest BCUT2D eigenvalue weighted by molar-refractivity contribution is 9.10. The van der Waals surface area contributed by atoms with E-state index in [1.54, 1.807) is 0 Å². The van der Waals surface area contributed by atoms with E-state index >= 15 is 0 Å². The van der Waals surface area contributed by atoms with Crippen molar-refractivity contribution in [2.24, 2.45) is 0 Å². The number of halogens is 1. The average Bonchev–Trinajstić information content (AvgIpc) is 2.39. The van der Waals surface area contributed by atoms with Gasteiger partial charge >= 0.3 is 0 Å². The van der Waals surface area contributed by atoms with Gasteiger partial charge in [0.25, 0.3) is 0 Å². The summed E-state index contributed by atoms with van der Waals surface area (Å²) in [7, 11) is 0. The second-order valence-corrected chi connectivity index (χ2v) is 6.14. The van der Waals surface area contributed by atoms with Crippen LogP contribution in [0.4, 0.5) is 0 Å². The van der Waals surface area contributed by atoms with Crippen molar-refractivity contribution in [2.75, 3.05) is 19.7 Å². The zero-order valence-electron chi connectivity index (χ0n) is 11.4. The normalized spacial score (nSPS) is 20.7. The fraction of sp³-hybridized carbons (Fsp3) is 0.533. The molecule has 1 aromatic carbocycles. The molecule has 0 N–H and O–H groups in total. The summed E-state index contributed by atoms with van der Waals surface area (Å²) >= 11 is 3.43. The molecule has 1 aliphatic heterocycles. The molecule has 1 aliphatic rings. The maximum absolute atomic E-state index is 12.3. The summed E-state index contributed by atoms with van der Waals surface area (Å²) in [5.74, 6) is 0.170. The van der Waals surface area contributed by atoms with Gasteiger partial charge in [-0.1, -0.05) is 28.1 Å². The number of ketones is 1. The van der Waals surface area contributed by atoms with Crippen molar-refractivity contribution >= 4 is 21.7 Å². The molecule has 1 saturated heterocycles. The minimum Gasteiger partial charge on any atom is -0.368 e. The molecule has 0 aromatic heterocycles. The summed E-state index contributed by atoms with van der Waals surface area (Å²) < 4.78 is 6.63. The van der Waals surface area contributed by atoms with Crippen LogP contribution in [0.25, 0.3) is 0 Å². The van der Waals surface area contributed by atoms with Crippen LogP contribution in [0.2, 0.25) is 0 Å². The minimum absolute atomic E-state index is 0.170. The molecule has 4 heteroatoms. The fourth-order valence-electron chi connectivity index (χ4n) is 2.29. The summed E-state index contributed by atoms with van der Waals surface area (Å²) in [6.45, 7) is 6.58. The first kappa shape index (κ1) is 14.7. The Morgan fingerprint density at radius 2 is 2.32 bits per heavy atom. The lowest BCUT2D eigenvalue weighted by Gasteiger charge is -2.34. The molecular formula is C15H20BrNO2. The summed E-state index contributed by atoms with van der Waals surface area (Å²) in [5.41, 5.74) is 1.03. The van der Waals surface area contributed by atoms with E-state index in [-0.39, 0.29) is 11.9 Å². The molecule has 1 unspecified atom stereocenters. The Kier molecular flexibility index (Phi) is 5.13. The Labute approximate surface area is 123 Å². The van der Waals surface area contributed by atoms with Gasteiger partial charge in [0.2, 0.25) is 0 Å². The monoisotopic (exact) mass is 325 g/mol. The number of hydrogen-bond acceptors (Lipinski definition) is 3. The van der Waals surface area contributed by atoms with Crippen LogP contribution >= 0.6 is 15.9 Å². The first-order valence-electron chi connectivity index (χ1n) is 6.69. The van der Waals surface area contributed by atoms with Gasteiger partial charge in [0.15, 0.2) is 5.78 Å². The van der Waals surface area contributed by atoms with Gasteiger partial charge in [-0.2, -0.15) is 0 Å².